The summed E-state index contributed by atoms with van der Waals surface area (Å²) in [7, 11) is 0. The van der Waals surface area contributed by atoms with Crippen LogP contribution in [0.25, 0.3) is 0 Å². The minimum Gasteiger partial charge on any atom is -0.492 e. The minimum absolute atomic E-state index is 0.0420. The number of ether oxygens (including phenoxy) is 1. The van der Waals surface area contributed by atoms with Gasteiger partial charge in [-0.15, -0.1) is 0 Å². The second kappa shape index (κ2) is 7.24. The lowest BCUT2D eigenvalue weighted by Gasteiger charge is -2.12. The largest absolute Gasteiger partial charge is 0.492 e. The molecule has 1 aliphatic heterocycles. The summed E-state index contributed by atoms with van der Waals surface area (Å²) in [6.07, 6.45) is 2.39. The Hall–Kier alpha value is -1.40. The molecule has 1 unspecified atom stereocenters. The number of carbonyl (C=O) groups is 1. The first kappa shape index (κ1) is 15.5. The molecule has 1 atom stereocenters. The molecular weight excluding hydrogens is 389 g/mol. The van der Waals surface area contributed by atoms with Crippen molar-refractivity contribution in [3.05, 3.63) is 63.2 Å². The molecule has 0 spiro atoms. The van der Waals surface area contributed by atoms with Crippen molar-refractivity contribution in [2.75, 3.05) is 13.2 Å². The Kier molecular flexibility index (Phi) is 5.10. The lowest BCUT2D eigenvalue weighted by Crippen LogP contribution is -2.28. The molecule has 4 heteroatoms. The van der Waals surface area contributed by atoms with E-state index in [1.807, 2.05) is 48.5 Å². The van der Waals surface area contributed by atoms with Crippen LogP contribution < -0.4 is 10.1 Å². The van der Waals surface area contributed by atoms with E-state index in [4.69, 9.17) is 4.74 Å². The molecule has 0 saturated carbocycles. The quantitative estimate of drug-likeness (QED) is 0.608. The van der Waals surface area contributed by atoms with Gasteiger partial charge in [0.05, 0.1) is 0 Å². The van der Waals surface area contributed by atoms with Crippen LogP contribution in [0.1, 0.15) is 28.8 Å². The maximum Gasteiger partial charge on any atom is 0.193 e. The van der Waals surface area contributed by atoms with E-state index in [1.54, 1.807) is 0 Å². The molecule has 0 aliphatic carbocycles. The van der Waals surface area contributed by atoms with Crippen LogP contribution in [0.15, 0.2) is 48.5 Å². The standard InChI is InChI=1S/C18H18INO2/c19-15-7-3-13(4-8-15)18(21)14-5-9-17(10-6-14)22-12-16-2-1-11-20-16/h3-10,16,20H,1-2,11-12H2. The Morgan fingerprint density at radius 3 is 2.32 bits per heavy atom. The van der Waals surface area contributed by atoms with Crippen LogP contribution in [0, 0.1) is 3.57 Å². The summed E-state index contributed by atoms with van der Waals surface area (Å²) in [5, 5.41) is 3.40. The smallest absolute Gasteiger partial charge is 0.193 e. The molecule has 0 bridgehead atoms. The average molecular weight is 407 g/mol. The monoisotopic (exact) mass is 407 g/mol. The van der Waals surface area contributed by atoms with Crippen molar-refractivity contribution >= 4 is 28.4 Å². The van der Waals surface area contributed by atoms with Crippen LogP contribution >= 0.6 is 22.6 Å². The Morgan fingerprint density at radius 2 is 1.73 bits per heavy atom. The number of rotatable bonds is 5. The van der Waals surface area contributed by atoms with Gasteiger partial charge in [-0.1, -0.05) is 0 Å². The fourth-order valence-electron chi connectivity index (χ4n) is 2.57. The third-order valence-electron chi connectivity index (χ3n) is 3.84. The van der Waals surface area contributed by atoms with Crippen molar-refractivity contribution in [1.82, 2.24) is 5.32 Å². The van der Waals surface area contributed by atoms with Gasteiger partial charge < -0.3 is 10.1 Å². The van der Waals surface area contributed by atoms with Gasteiger partial charge in [0.15, 0.2) is 5.78 Å². The molecular formula is C18H18INO2. The van der Waals surface area contributed by atoms with Gasteiger partial charge in [-0.25, -0.2) is 0 Å². The zero-order chi connectivity index (χ0) is 15.4. The van der Waals surface area contributed by atoms with Crippen molar-refractivity contribution in [1.29, 1.82) is 0 Å². The van der Waals surface area contributed by atoms with Crippen LogP contribution in [0.4, 0.5) is 0 Å². The summed E-state index contributed by atoms with van der Waals surface area (Å²) in [6.45, 7) is 1.77. The van der Waals surface area contributed by atoms with E-state index in [0.29, 0.717) is 23.8 Å². The third-order valence-corrected chi connectivity index (χ3v) is 4.56. The molecule has 3 nitrogen and oxygen atoms in total. The van der Waals surface area contributed by atoms with Gasteiger partial charge in [-0.2, -0.15) is 0 Å². The summed E-state index contributed by atoms with van der Waals surface area (Å²) in [5.41, 5.74) is 1.40. The molecule has 1 fully saturated rings. The molecule has 1 N–H and O–H groups in total. The first-order valence-electron chi connectivity index (χ1n) is 7.49. The van der Waals surface area contributed by atoms with Gasteiger partial charge >= 0.3 is 0 Å². The highest BCUT2D eigenvalue weighted by Crippen LogP contribution is 2.17. The average Bonchev–Trinajstić information content (AvgIpc) is 3.07. The topological polar surface area (TPSA) is 38.3 Å². The summed E-state index contributed by atoms with van der Waals surface area (Å²) in [4.78, 5) is 12.4. The normalized spacial score (nSPS) is 17.4. The van der Waals surface area contributed by atoms with Crippen LogP contribution in [-0.4, -0.2) is 25.0 Å². The molecule has 114 valence electrons. The molecule has 2 aromatic rings. The number of hydrogen-bond donors (Lipinski definition) is 1. The lowest BCUT2D eigenvalue weighted by atomic mass is 10.0. The van der Waals surface area contributed by atoms with E-state index in [9.17, 15) is 4.79 Å². The predicted molar refractivity (Wildman–Crippen MR) is 95.6 cm³/mol. The fourth-order valence-corrected chi connectivity index (χ4v) is 2.93. The molecule has 0 aromatic heterocycles. The van der Waals surface area contributed by atoms with E-state index in [-0.39, 0.29) is 5.78 Å². The van der Waals surface area contributed by atoms with Gasteiger partial charge in [0.25, 0.3) is 0 Å². The van der Waals surface area contributed by atoms with E-state index in [0.717, 1.165) is 15.9 Å². The van der Waals surface area contributed by atoms with Gasteiger partial charge in [0, 0.05) is 20.7 Å². The van der Waals surface area contributed by atoms with Crippen molar-refractivity contribution in [2.24, 2.45) is 0 Å². The molecule has 0 amide bonds. The van der Waals surface area contributed by atoms with Gasteiger partial charge in [-0.05, 0) is 90.5 Å². The number of carbonyl (C=O) groups excluding carboxylic acids is 1. The zero-order valence-electron chi connectivity index (χ0n) is 12.2. The number of benzene rings is 2. The van der Waals surface area contributed by atoms with Crippen LogP contribution in [-0.2, 0) is 0 Å². The molecule has 1 heterocycles. The summed E-state index contributed by atoms with van der Waals surface area (Å²) in [5.74, 6) is 0.855. The van der Waals surface area contributed by atoms with Crippen molar-refractivity contribution in [3.63, 3.8) is 0 Å². The van der Waals surface area contributed by atoms with Crippen molar-refractivity contribution in [2.45, 2.75) is 18.9 Å². The van der Waals surface area contributed by atoms with Crippen molar-refractivity contribution < 1.29 is 9.53 Å². The second-order valence-electron chi connectivity index (χ2n) is 5.46. The molecule has 1 saturated heterocycles. The van der Waals surface area contributed by atoms with E-state index in [2.05, 4.69) is 27.9 Å². The summed E-state index contributed by atoms with van der Waals surface area (Å²) in [6, 6.07) is 15.5. The molecule has 1 aliphatic rings. The van der Waals surface area contributed by atoms with E-state index < -0.39 is 0 Å². The molecule has 2 aromatic carbocycles. The number of nitrogens with one attached hydrogen (secondary N) is 1. The Bertz CT molecular complexity index is 631. The second-order valence-corrected chi connectivity index (χ2v) is 6.71. The predicted octanol–water partition coefficient (Wildman–Crippen LogP) is 3.65. The first-order chi connectivity index (χ1) is 10.7. The number of hydrogen-bond acceptors (Lipinski definition) is 3. The molecule has 3 rings (SSSR count). The number of ketones is 1. The molecule has 0 radical (unpaired) electrons. The molecule has 22 heavy (non-hydrogen) atoms. The van der Waals surface area contributed by atoms with Gasteiger partial charge in [0.2, 0.25) is 0 Å². The Morgan fingerprint density at radius 1 is 1.09 bits per heavy atom. The number of halogens is 1. The fraction of sp³-hybridized carbons (Fsp3) is 0.278. The van der Waals surface area contributed by atoms with Crippen molar-refractivity contribution in [3.8, 4) is 5.75 Å². The van der Waals surface area contributed by atoms with E-state index >= 15 is 0 Å². The zero-order valence-corrected chi connectivity index (χ0v) is 14.4. The van der Waals surface area contributed by atoms with Gasteiger partial charge in [-0.3, -0.25) is 4.79 Å². The first-order valence-corrected chi connectivity index (χ1v) is 8.57. The van der Waals surface area contributed by atoms with Crippen LogP contribution in [0.5, 0.6) is 5.75 Å². The van der Waals surface area contributed by atoms with Gasteiger partial charge in [0.1, 0.15) is 12.4 Å². The summed E-state index contributed by atoms with van der Waals surface area (Å²) < 4.78 is 6.89. The minimum atomic E-state index is 0.0420. The highest BCUT2D eigenvalue weighted by atomic mass is 127. The Labute approximate surface area is 144 Å². The maximum absolute atomic E-state index is 12.4. The summed E-state index contributed by atoms with van der Waals surface area (Å²) >= 11 is 2.23. The van der Waals surface area contributed by atoms with E-state index in [1.165, 1.54) is 12.8 Å². The lowest BCUT2D eigenvalue weighted by molar-refractivity contribution is 0.103. The highest BCUT2D eigenvalue weighted by molar-refractivity contribution is 14.1. The van der Waals surface area contributed by atoms with Crippen LogP contribution in [0.3, 0.4) is 0 Å². The third kappa shape index (κ3) is 3.87. The maximum atomic E-state index is 12.4. The Balaban J connectivity index is 1.62. The SMILES string of the molecule is O=C(c1ccc(I)cc1)c1ccc(OCC2CCCN2)cc1. The highest BCUT2D eigenvalue weighted by Gasteiger charge is 2.14. The van der Waals surface area contributed by atoms with Crippen LogP contribution in [0.2, 0.25) is 0 Å².